The highest BCUT2D eigenvalue weighted by Crippen LogP contribution is 2.12. The molecular weight excluding hydrogens is 206 g/mol. The molecule has 0 bridgehead atoms. The normalized spacial score (nSPS) is 13.3. The molecule has 2 nitrogen and oxygen atoms in total. The van der Waals surface area contributed by atoms with Crippen LogP contribution in [0.3, 0.4) is 0 Å². The highest BCUT2D eigenvalue weighted by atomic mass is 28.4. The molecule has 0 aliphatic carbocycles. The zero-order chi connectivity index (χ0) is 12.2. The van der Waals surface area contributed by atoms with Crippen LogP contribution in [-0.4, -0.2) is 49.3 Å². The largest absolute Gasteiger partial charge is 0.456 e. The summed E-state index contributed by atoms with van der Waals surface area (Å²) < 4.78 is 6.90. The van der Waals surface area contributed by atoms with Gasteiger partial charge < -0.3 is 8.60 Å². The Bertz CT molecular complexity index is 133. The van der Waals surface area contributed by atoms with Crippen molar-refractivity contribution in [1.29, 1.82) is 0 Å². The Morgan fingerprint density at radius 2 is 0.786 bits per heavy atom. The Kier molecular flexibility index (Phi) is 6.52. The fraction of sp³-hybridized carbons (Fsp3) is 1.00. The molecule has 0 rings (SSSR count). The molecule has 0 fully saturated rings. The molecule has 0 aliphatic rings. The Hall–Kier alpha value is 0.354. The van der Waals surface area contributed by atoms with Gasteiger partial charge in [0.25, 0.3) is 0 Å². The van der Waals surface area contributed by atoms with Crippen molar-refractivity contribution in [1.82, 2.24) is 0 Å². The molecule has 0 saturated carbocycles. The Labute approximate surface area is 93.1 Å². The van der Waals surface area contributed by atoms with E-state index in [2.05, 4.69) is 67.5 Å². The summed E-state index contributed by atoms with van der Waals surface area (Å²) in [6, 6.07) is 0. The fourth-order valence-electron chi connectivity index (χ4n) is 0.919. The van der Waals surface area contributed by atoms with Gasteiger partial charge in [-0.15, -0.1) is 0 Å². The van der Waals surface area contributed by atoms with Crippen molar-refractivity contribution in [3.8, 4) is 0 Å². The Morgan fingerprint density at radius 1 is 0.643 bits per heavy atom. The molecule has 0 heterocycles. The third-order valence-corrected chi connectivity index (χ3v) is 5.51. The molecule has 4 heteroatoms. The first kappa shape index (κ1) is 16.8. The SMILES string of the molecule is C[N+](C)(C)C.C[Si](C)(C)O[Si](C)(C)C. The predicted octanol–water partition coefficient (Wildman–Crippen LogP) is 3.00. The maximum Gasteiger partial charge on any atom is 0.170 e. The first-order valence-corrected chi connectivity index (χ1v) is 12.0. The average Bonchev–Trinajstić information content (AvgIpc) is 1.42. The third kappa shape index (κ3) is 39.4. The van der Waals surface area contributed by atoms with Crippen LogP contribution < -0.4 is 0 Å². The summed E-state index contributed by atoms with van der Waals surface area (Å²) in [5, 5.41) is 0. The standard InChI is InChI=1S/C6H18OSi2.C4H12N/c1-8(2,3)7-9(4,5)6;1-5(2,3)4/h1-6H3;1-4H3/q;+1. The van der Waals surface area contributed by atoms with Crippen LogP contribution in [0.5, 0.6) is 0 Å². The summed E-state index contributed by atoms with van der Waals surface area (Å²) in [6.07, 6.45) is 0. The van der Waals surface area contributed by atoms with E-state index >= 15 is 0 Å². The van der Waals surface area contributed by atoms with E-state index in [-0.39, 0.29) is 0 Å². The second-order valence-electron chi connectivity index (χ2n) is 7.01. The highest BCUT2D eigenvalue weighted by Gasteiger charge is 2.24. The van der Waals surface area contributed by atoms with Gasteiger partial charge in [0.05, 0.1) is 28.2 Å². The van der Waals surface area contributed by atoms with Crippen molar-refractivity contribution in [2.75, 3.05) is 28.2 Å². The molecule has 0 N–H and O–H groups in total. The minimum Gasteiger partial charge on any atom is -0.456 e. The van der Waals surface area contributed by atoms with Crippen molar-refractivity contribution in [3.05, 3.63) is 0 Å². The summed E-state index contributed by atoms with van der Waals surface area (Å²) in [5.41, 5.74) is 0. The number of nitrogens with zero attached hydrogens (tertiary/aromatic N) is 1. The molecule has 0 atom stereocenters. The van der Waals surface area contributed by atoms with Gasteiger partial charge in [-0.1, -0.05) is 0 Å². The van der Waals surface area contributed by atoms with Gasteiger partial charge in [0.1, 0.15) is 0 Å². The molecule has 0 radical (unpaired) electrons. The smallest absolute Gasteiger partial charge is 0.170 e. The number of hydrogen-bond acceptors (Lipinski definition) is 1. The fourth-order valence-corrected chi connectivity index (χ4v) is 8.27. The van der Waals surface area contributed by atoms with E-state index in [4.69, 9.17) is 4.12 Å². The molecule has 0 aromatic rings. The van der Waals surface area contributed by atoms with E-state index in [0.29, 0.717) is 0 Å². The summed E-state index contributed by atoms with van der Waals surface area (Å²) >= 11 is 0. The Morgan fingerprint density at radius 3 is 0.786 bits per heavy atom. The molecule has 0 unspecified atom stereocenters. The molecule has 0 saturated heterocycles. The van der Waals surface area contributed by atoms with Crippen LogP contribution in [0.25, 0.3) is 0 Å². The highest BCUT2D eigenvalue weighted by molar-refractivity contribution is 6.83. The van der Waals surface area contributed by atoms with Crippen molar-refractivity contribution >= 4 is 16.6 Å². The molecule has 0 aromatic carbocycles. The van der Waals surface area contributed by atoms with Gasteiger partial charge in [-0.25, -0.2) is 0 Å². The van der Waals surface area contributed by atoms with Crippen LogP contribution in [0.1, 0.15) is 0 Å². The van der Waals surface area contributed by atoms with Crippen LogP contribution in [0.4, 0.5) is 0 Å². The van der Waals surface area contributed by atoms with Crippen LogP contribution in [0.2, 0.25) is 39.3 Å². The monoisotopic (exact) mass is 236 g/mol. The third-order valence-electron chi connectivity index (χ3n) is 0.612. The second-order valence-corrected chi connectivity index (χ2v) is 16.3. The summed E-state index contributed by atoms with van der Waals surface area (Å²) in [5.74, 6) is 0. The molecule has 88 valence electrons. The van der Waals surface area contributed by atoms with Crippen molar-refractivity contribution in [2.45, 2.75) is 39.3 Å². The van der Waals surface area contributed by atoms with Crippen molar-refractivity contribution in [2.24, 2.45) is 0 Å². The quantitative estimate of drug-likeness (QED) is 0.529. The lowest BCUT2D eigenvalue weighted by Gasteiger charge is -2.27. The number of hydrogen-bond donors (Lipinski definition) is 0. The predicted molar refractivity (Wildman–Crippen MR) is 71.7 cm³/mol. The van der Waals surface area contributed by atoms with Crippen LogP contribution in [0.15, 0.2) is 0 Å². The minimum absolute atomic E-state index is 1.00. The maximum absolute atomic E-state index is 5.90. The first-order valence-electron chi connectivity index (χ1n) is 5.20. The Balaban J connectivity index is 0. The van der Waals surface area contributed by atoms with Gasteiger partial charge >= 0.3 is 0 Å². The second kappa shape index (κ2) is 5.44. The van der Waals surface area contributed by atoms with Crippen LogP contribution >= 0.6 is 0 Å². The molecular formula is C10H30NOSi2+. The molecule has 0 spiro atoms. The summed E-state index contributed by atoms with van der Waals surface area (Å²) in [4.78, 5) is 0. The van der Waals surface area contributed by atoms with E-state index in [9.17, 15) is 0 Å². The zero-order valence-corrected chi connectivity index (χ0v) is 13.9. The van der Waals surface area contributed by atoms with Crippen LogP contribution in [0, 0.1) is 0 Å². The minimum atomic E-state index is -1.23. The van der Waals surface area contributed by atoms with E-state index in [1.165, 1.54) is 0 Å². The molecule has 14 heavy (non-hydrogen) atoms. The lowest BCUT2D eigenvalue weighted by Crippen LogP contribution is -2.39. The van der Waals surface area contributed by atoms with Gasteiger partial charge in [-0.2, -0.15) is 0 Å². The maximum atomic E-state index is 5.90. The van der Waals surface area contributed by atoms with Crippen molar-refractivity contribution in [3.63, 3.8) is 0 Å². The van der Waals surface area contributed by atoms with Crippen LogP contribution in [-0.2, 0) is 4.12 Å². The number of rotatable bonds is 2. The van der Waals surface area contributed by atoms with Gasteiger partial charge in [0.2, 0.25) is 0 Å². The topological polar surface area (TPSA) is 9.23 Å². The van der Waals surface area contributed by atoms with E-state index in [1.54, 1.807) is 0 Å². The molecule has 0 aromatic heterocycles. The lowest BCUT2D eigenvalue weighted by molar-refractivity contribution is -0.849. The lowest BCUT2D eigenvalue weighted by atomic mass is 10.8. The van der Waals surface area contributed by atoms with E-state index in [0.717, 1.165) is 4.48 Å². The first-order chi connectivity index (χ1) is 5.71. The summed E-state index contributed by atoms with van der Waals surface area (Å²) in [6.45, 7) is 13.4. The van der Waals surface area contributed by atoms with Gasteiger partial charge in [0.15, 0.2) is 16.6 Å². The van der Waals surface area contributed by atoms with E-state index in [1.807, 2.05) is 0 Å². The van der Waals surface area contributed by atoms with Gasteiger partial charge in [-0.3, -0.25) is 0 Å². The molecule has 0 aliphatic heterocycles. The van der Waals surface area contributed by atoms with Gasteiger partial charge in [0, 0.05) is 0 Å². The number of quaternary nitrogens is 1. The van der Waals surface area contributed by atoms with E-state index < -0.39 is 16.6 Å². The van der Waals surface area contributed by atoms with Gasteiger partial charge in [-0.05, 0) is 39.3 Å². The molecule has 0 amide bonds. The van der Waals surface area contributed by atoms with Crippen molar-refractivity contribution < 1.29 is 8.60 Å². The average molecular weight is 237 g/mol. The summed E-state index contributed by atoms with van der Waals surface area (Å²) in [7, 11) is 6.04. The zero-order valence-electron chi connectivity index (χ0n) is 11.9.